The van der Waals surface area contributed by atoms with Crippen molar-refractivity contribution in [2.75, 3.05) is 27.9 Å². The number of H-pyrrole nitrogens is 1. The van der Waals surface area contributed by atoms with Gasteiger partial charge in [-0.3, -0.25) is 9.59 Å². The van der Waals surface area contributed by atoms with E-state index in [9.17, 15) is 14.7 Å². The van der Waals surface area contributed by atoms with Gasteiger partial charge in [-0.2, -0.15) is 0 Å². The summed E-state index contributed by atoms with van der Waals surface area (Å²) in [6.07, 6.45) is 2.30. The van der Waals surface area contributed by atoms with Crippen molar-refractivity contribution in [3.05, 3.63) is 93.1 Å². The van der Waals surface area contributed by atoms with Gasteiger partial charge in [0.15, 0.2) is 11.5 Å². The zero-order valence-electron chi connectivity index (χ0n) is 22.0. The van der Waals surface area contributed by atoms with Gasteiger partial charge in [0, 0.05) is 39.3 Å². The first-order chi connectivity index (χ1) is 19.3. The van der Waals surface area contributed by atoms with Gasteiger partial charge >= 0.3 is 0 Å². The van der Waals surface area contributed by atoms with Crippen LogP contribution in [0.2, 0.25) is 10.0 Å². The highest BCUT2D eigenvalue weighted by Gasteiger charge is 2.46. The maximum Gasteiger partial charge on any atom is 0.295 e. The van der Waals surface area contributed by atoms with E-state index in [4.69, 9.17) is 37.4 Å². The van der Waals surface area contributed by atoms with Crippen molar-refractivity contribution in [1.82, 2.24) is 9.88 Å². The van der Waals surface area contributed by atoms with Crippen molar-refractivity contribution in [3.63, 3.8) is 0 Å². The van der Waals surface area contributed by atoms with Crippen LogP contribution in [0.4, 0.5) is 0 Å². The first kappa shape index (κ1) is 27.4. The number of hydrogen-bond acceptors (Lipinski definition) is 6. The molecular formula is C30H26Cl2N2O6. The van der Waals surface area contributed by atoms with Gasteiger partial charge in [-0.1, -0.05) is 29.3 Å². The van der Waals surface area contributed by atoms with Gasteiger partial charge in [0.05, 0.1) is 32.9 Å². The molecule has 40 heavy (non-hydrogen) atoms. The number of aromatic amines is 1. The number of nitrogens with zero attached hydrogens (tertiary/aromatic N) is 1. The molecular weight excluding hydrogens is 555 g/mol. The number of aliphatic hydroxyl groups is 1. The molecule has 10 heteroatoms. The smallest absolute Gasteiger partial charge is 0.295 e. The summed E-state index contributed by atoms with van der Waals surface area (Å²) < 4.78 is 16.0. The van der Waals surface area contributed by atoms with Crippen LogP contribution in [0.1, 0.15) is 22.7 Å². The summed E-state index contributed by atoms with van der Waals surface area (Å²) in [7, 11) is 4.56. The van der Waals surface area contributed by atoms with Crippen LogP contribution in [0.3, 0.4) is 0 Å². The van der Waals surface area contributed by atoms with Crippen molar-refractivity contribution < 1.29 is 28.9 Å². The molecule has 1 atom stereocenters. The van der Waals surface area contributed by atoms with E-state index >= 15 is 0 Å². The number of aromatic nitrogens is 1. The third kappa shape index (κ3) is 4.85. The third-order valence-corrected chi connectivity index (χ3v) is 7.61. The number of fused-ring (bicyclic) bond motifs is 1. The average molecular weight is 581 g/mol. The summed E-state index contributed by atoms with van der Waals surface area (Å²) in [5, 5.41) is 13.0. The van der Waals surface area contributed by atoms with Crippen LogP contribution in [0.25, 0.3) is 16.7 Å². The van der Waals surface area contributed by atoms with Crippen LogP contribution in [0, 0.1) is 0 Å². The molecule has 2 heterocycles. The first-order valence-corrected chi connectivity index (χ1v) is 13.1. The Morgan fingerprint density at radius 1 is 0.950 bits per heavy atom. The number of amides is 1. The minimum Gasteiger partial charge on any atom is -0.507 e. The summed E-state index contributed by atoms with van der Waals surface area (Å²) in [6, 6.07) is 14.3. The number of nitrogens with one attached hydrogen (secondary N) is 1. The van der Waals surface area contributed by atoms with Crippen LogP contribution >= 0.6 is 23.2 Å². The van der Waals surface area contributed by atoms with E-state index in [0.717, 1.165) is 16.5 Å². The molecule has 0 radical (unpaired) electrons. The van der Waals surface area contributed by atoms with Gasteiger partial charge in [0.1, 0.15) is 11.5 Å². The average Bonchev–Trinajstić information content (AvgIpc) is 3.48. The predicted octanol–water partition coefficient (Wildman–Crippen LogP) is 6.16. The topological polar surface area (TPSA) is 101 Å². The molecule has 2 N–H and O–H groups in total. The number of ether oxygens (including phenoxy) is 3. The lowest BCUT2D eigenvalue weighted by molar-refractivity contribution is -0.139. The van der Waals surface area contributed by atoms with Gasteiger partial charge in [0.25, 0.3) is 11.7 Å². The minimum atomic E-state index is -0.947. The third-order valence-electron chi connectivity index (χ3n) is 7.05. The second-order valence-corrected chi connectivity index (χ2v) is 10.0. The Kier molecular flexibility index (Phi) is 7.65. The van der Waals surface area contributed by atoms with E-state index in [1.54, 1.807) is 43.5 Å². The number of ketones is 1. The summed E-state index contributed by atoms with van der Waals surface area (Å²) in [4.78, 5) is 31.6. The Hall–Kier alpha value is -4.14. The highest BCUT2D eigenvalue weighted by atomic mass is 35.5. The summed E-state index contributed by atoms with van der Waals surface area (Å²) >= 11 is 12.7. The molecule has 206 valence electrons. The van der Waals surface area contributed by atoms with E-state index in [-0.39, 0.29) is 28.5 Å². The highest BCUT2D eigenvalue weighted by molar-refractivity contribution is 6.47. The molecule has 0 unspecified atom stereocenters. The number of benzene rings is 3. The first-order valence-electron chi connectivity index (χ1n) is 12.4. The number of carbonyl (C=O) groups excluding carboxylic acids is 2. The summed E-state index contributed by atoms with van der Waals surface area (Å²) in [5.74, 6) is -0.394. The summed E-state index contributed by atoms with van der Waals surface area (Å²) in [6.45, 7) is 0.182. The fourth-order valence-corrected chi connectivity index (χ4v) is 5.54. The number of methoxy groups -OCH3 is 3. The molecule has 1 aromatic heterocycles. The molecule has 8 nitrogen and oxygen atoms in total. The molecule has 0 spiro atoms. The molecule has 1 aliphatic heterocycles. The molecule has 1 amide bonds. The van der Waals surface area contributed by atoms with Crippen LogP contribution < -0.4 is 14.2 Å². The van der Waals surface area contributed by atoms with Crippen LogP contribution in [0.5, 0.6) is 17.2 Å². The zero-order chi connectivity index (χ0) is 28.6. The van der Waals surface area contributed by atoms with Gasteiger partial charge in [0.2, 0.25) is 0 Å². The maximum absolute atomic E-state index is 13.5. The van der Waals surface area contributed by atoms with Crippen LogP contribution in [-0.4, -0.2) is 54.6 Å². The van der Waals surface area contributed by atoms with Crippen LogP contribution in [0.15, 0.2) is 66.4 Å². The Balaban J connectivity index is 1.59. The quantitative estimate of drug-likeness (QED) is 0.147. The van der Waals surface area contributed by atoms with E-state index in [1.807, 2.05) is 24.4 Å². The Bertz CT molecular complexity index is 1660. The monoisotopic (exact) mass is 580 g/mol. The van der Waals surface area contributed by atoms with Gasteiger partial charge in [-0.15, -0.1) is 0 Å². The number of likely N-dealkylation sites (tertiary alicyclic amines) is 1. The standard InChI is InChI=1S/C30H26Cl2N2O6/c1-38-19-6-8-23-21(14-19)17(15-33-23)10-11-34-27(20-7-5-18(31)13-22(20)32)26(29(36)30(34)37)28(35)16-4-9-24(39-2)25(12-16)40-3/h4-9,12-15,27,33,35H,10-11H2,1-3H3/t27-/m1/s1. The highest BCUT2D eigenvalue weighted by Crippen LogP contribution is 2.43. The van der Waals surface area contributed by atoms with Gasteiger partial charge < -0.3 is 29.2 Å². The van der Waals surface area contributed by atoms with Gasteiger partial charge in [-0.25, -0.2) is 0 Å². The van der Waals surface area contributed by atoms with Gasteiger partial charge in [-0.05, 0) is 66.1 Å². The molecule has 3 aromatic carbocycles. The Labute approximate surface area is 240 Å². The number of halogens is 2. The molecule has 1 fully saturated rings. The fourth-order valence-electron chi connectivity index (χ4n) is 5.03. The second-order valence-electron chi connectivity index (χ2n) is 9.20. The number of carbonyl (C=O) groups is 2. The van der Waals surface area contributed by atoms with E-state index in [1.165, 1.54) is 19.1 Å². The zero-order valence-corrected chi connectivity index (χ0v) is 23.5. The number of Topliss-reactive ketones (excluding diaryl/α,β-unsaturated/α-hetero) is 1. The van der Waals surface area contributed by atoms with E-state index < -0.39 is 17.7 Å². The lowest BCUT2D eigenvalue weighted by Crippen LogP contribution is -2.31. The molecule has 0 aliphatic carbocycles. The molecule has 1 aliphatic rings. The van der Waals surface area contributed by atoms with Crippen molar-refractivity contribution in [1.29, 1.82) is 0 Å². The molecule has 4 aromatic rings. The van der Waals surface area contributed by atoms with Crippen molar-refractivity contribution >= 4 is 51.6 Å². The van der Waals surface area contributed by atoms with E-state index in [2.05, 4.69) is 4.98 Å². The predicted molar refractivity (Wildman–Crippen MR) is 154 cm³/mol. The summed E-state index contributed by atoms with van der Waals surface area (Å²) in [5.41, 5.74) is 2.53. The lowest BCUT2D eigenvalue weighted by Gasteiger charge is -2.26. The largest absolute Gasteiger partial charge is 0.507 e. The normalized spacial score (nSPS) is 16.5. The molecule has 1 saturated heterocycles. The van der Waals surface area contributed by atoms with Crippen LogP contribution in [-0.2, 0) is 16.0 Å². The second kappa shape index (κ2) is 11.2. The molecule has 0 saturated carbocycles. The number of aliphatic hydroxyl groups excluding tert-OH is 1. The molecule has 5 rings (SSSR count). The maximum atomic E-state index is 13.5. The van der Waals surface area contributed by atoms with E-state index in [0.29, 0.717) is 34.3 Å². The number of hydrogen-bond donors (Lipinski definition) is 2. The van der Waals surface area contributed by atoms with Crippen molar-refractivity contribution in [2.45, 2.75) is 12.5 Å². The molecule has 0 bridgehead atoms. The SMILES string of the molecule is COc1ccc2[nH]cc(CCN3C(=O)C(=O)C(=C(O)c4ccc(OC)c(OC)c4)[C@H]3c3ccc(Cl)cc3Cl)c2c1. The van der Waals surface area contributed by atoms with Crippen molar-refractivity contribution in [3.8, 4) is 17.2 Å². The Morgan fingerprint density at radius 2 is 1.73 bits per heavy atom. The number of rotatable bonds is 8. The Morgan fingerprint density at radius 3 is 2.42 bits per heavy atom. The minimum absolute atomic E-state index is 0.0814. The fraction of sp³-hybridized carbons (Fsp3) is 0.200. The lowest BCUT2D eigenvalue weighted by atomic mass is 9.95. The van der Waals surface area contributed by atoms with Crippen molar-refractivity contribution in [2.24, 2.45) is 0 Å².